The molecule has 1 atom stereocenters. The van der Waals surface area contributed by atoms with Crippen LogP contribution in [0.15, 0.2) is 0 Å². The molecule has 1 unspecified atom stereocenters. The van der Waals surface area contributed by atoms with Crippen molar-refractivity contribution in [1.29, 1.82) is 0 Å². The molecule has 0 saturated carbocycles. The van der Waals surface area contributed by atoms with Gasteiger partial charge in [0.2, 0.25) is 5.91 Å². The summed E-state index contributed by atoms with van der Waals surface area (Å²) in [4.78, 5) is 35.9. The molecule has 1 rings (SSSR count). The number of carboxylic acid groups (broad SMARTS) is 1. The molecule has 1 heterocycles. The van der Waals surface area contributed by atoms with Crippen LogP contribution in [-0.2, 0) is 14.3 Å². The van der Waals surface area contributed by atoms with Crippen LogP contribution in [0.5, 0.6) is 0 Å². The Kier molecular flexibility index (Phi) is 5.16. The van der Waals surface area contributed by atoms with Gasteiger partial charge in [-0.3, -0.25) is 9.69 Å². The average Bonchev–Trinajstić information content (AvgIpc) is 2.68. The predicted molar refractivity (Wildman–Crippen MR) is 74.6 cm³/mol. The number of nitrogens with one attached hydrogen (secondary N) is 1. The first kappa shape index (κ1) is 17.2. The molecule has 0 aliphatic carbocycles. The monoisotopic (exact) mass is 301 g/mol. The maximum absolute atomic E-state index is 11.8. The molecule has 1 aliphatic heterocycles. The summed E-state index contributed by atoms with van der Waals surface area (Å²) in [5.74, 6) is -1.56. The van der Waals surface area contributed by atoms with Gasteiger partial charge < -0.3 is 20.9 Å². The summed E-state index contributed by atoms with van der Waals surface area (Å²) in [7, 11) is 0. The minimum atomic E-state index is -1.39. The lowest BCUT2D eigenvalue weighted by atomic mass is 9.99. The Hall–Kier alpha value is -1.83. The second-order valence-corrected chi connectivity index (χ2v) is 6.26. The second-order valence-electron chi connectivity index (χ2n) is 6.26. The Morgan fingerprint density at radius 1 is 1.38 bits per heavy atom. The van der Waals surface area contributed by atoms with E-state index >= 15 is 0 Å². The smallest absolute Gasteiger partial charge is 0.408 e. The van der Waals surface area contributed by atoms with Gasteiger partial charge in [0.25, 0.3) is 0 Å². The lowest BCUT2D eigenvalue weighted by Gasteiger charge is -2.28. The zero-order valence-electron chi connectivity index (χ0n) is 12.6. The van der Waals surface area contributed by atoms with Crippen LogP contribution >= 0.6 is 0 Å². The van der Waals surface area contributed by atoms with E-state index in [1.807, 2.05) is 0 Å². The quantitative estimate of drug-likeness (QED) is 0.652. The Balaban J connectivity index is 2.67. The van der Waals surface area contributed by atoms with Crippen LogP contribution in [0.2, 0.25) is 0 Å². The van der Waals surface area contributed by atoms with Gasteiger partial charge in [-0.2, -0.15) is 0 Å². The van der Waals surface area contributed by atoms with E-state index in [1.165, 1.54) is 0 Å². The zero-order chi connectivity index (χ0) is 16.3. The highest BCUT2D eigenvalue weighted by atomic mass is 16.6. The number of ether oxygens (including phenoxy) is 1. The van der Waals surface area contributed by atoms with E-state index in [4.69, 9.17) is 10.5 Å². The molecule has 2 amide bonds. The number of carbonyl (C=O) groups is 3. The van der Waals surface area contributed by atoms with Crippen LogP contribution < -0.4 is 11.1 Å². The van der Waals surface area contributed by atoms with E-state index in [2.05, 4.69) is 5.32 Å². The van der Waals surface area contributed by atoms with E-state index in [-0.39, 0.29) is 19.4 Å². The number of carboxylic acids is 1. The molecular formula is C13H23N3O5. The third kappa shape index (κ3) is 5.22. The zero-order valence-corrected chi connectivity index (χ0v) is 12.6. The second kappa shape index (κ2) is 6.30. The lowest BCUT2D eigenvalue weighted by molar-refractivity contribution is -0.144. The van der Waals surface area contributed by atoms with E-state index in [0.29, 0.717) is 13.1 Å². The molecular weight excluding hydrogens is 278 g/mol. The molecule has 0 aromatic carbocycles. The van der Waals surface area contributed by atoms with Crippen molar-refractivity contribution in [2.24, 2.45) is 5.73 Å². The molecule has 8 heteroatoms. The predicted octanol–water partition coefficient (Wildman–Crippen LogP) is -0.0844. The van der Waals surface area contributed by atoms with Crippen LogP contribution in [0.1, 0.15) is 33.6 Å². The molecule has 21 heavy (non-hydrogen) atoms. The fourth-order valence-electron chi connectivity index (χ4n) is 2.18. The number of rotatable bonds is 5. The Bertz CT molecular complexity index is 432. The van der Waals surface area contributed by atoms with Crippen LogP contribution in [0.3, 0.4) is 0 Å². The average molecular weight is 301 g/mol. The normalized spacial score (nSPS) is 22.8. The first-order chi connectivity index (χ1) is 9.54. The van der Waals surface area contributed by atoms with Gasteiger partial charge in [-0.05, 0) is 27.2 Å². The van der Waals surface area contributed by atoms with Gasteiger partial charge in [-0.25, -0.2) is 9.59 Å². The number of primary amides is 1. The first-order valence-corrected chi connectivity index (χ1v) is 6.79. The fraction of sp³-hybridized carbons (Fsp3) is 0.769. The Labute approximate surface area is 123 Å². The van der Waals surface area contributed by atoms with Crippen molar-refractivity contribution in [2.75, 3.05) is 19.6 Å². The van der Waals surface area contributed by atoms with E-state index in [1.54, 1.807) is 25.7 Å². The molecule has 4 N–H and O–H groups in total. The number of hydrogen-bond acceptors (Lipinski definition) is 5. The summed E-state index contributed by atoms with van der Waals surface area (Å²) < 4.78 is 5.10. The Morgan fingerprint density at radius 3 is 2.48 bits per heavy atom. The van der Waals surface area contributed by atoms with Crippen LogP contribution in [0.25, 0.3) is 0 Å². The van der Waals surface area contributed by atoms with Crippen molar-refractivity contribution < 1.29 is 24.2 Å². The number of nitrogens with two attached hydrogens (primary N) is 1. The van der Waals surface area contributed by atoms with Crippen LogP contribution in [0.4, 0.5) is 4.79 Å². The summed E-state index contributed by atoms with van der Waals surface area (Å²) in [5, 5.41) is 11.9. The fourth-order valence-corrected chi connectivity index (χ4v) is 2.18. The lowest BCUT2D eigenvalue weighted by Crippen LogP contribution is -2.57. The molecule has 0 radical (unpaired) electrons. The van der Waals surface area contributed by atoms with E-state index in [9.17, 15) is 19.5 Å². The summed E-state index contributed by atoms with van der Waals surface area (Å²) >= 11 is 0. The van der Waals surface area contributed by atoms with Crippen molar-refractivity contribution in [1.82, 2.24) is 10.2 Å². The molecule has 0 aromatic heterocycles. The largest absolute Gasteiger partial charge is 0.479 e. The van der Waals surface area contributed by atoms with Crippen LogP contribution in [0, 0.1) is 0 Å². The number of carbonyl (C=O) groups excluding carboxylic acids is 2. The first-order valence-electron chi connectivity index (χ1n) is 6.79. The van der Waals surface area contributed by atoms with E-state index in [0.717, 1.165) is 0 Å². The molecule has 1 aliphatic rings. The van der Waals surface area contributed by atoms with Crippen LogP contribution in [-0.4, -0.2) is 58.8 Å². The highest BCUT2D eigenvalue weighted by Gasteiger charge is 2.46. The Morgan fingerprint density at radius 2 is 2.00 bits per heavy atom. The summed E-state index contributed by atoms with van der Waals surface area (Å²) in [5.41, 5.74) is 2.99. The van der Waals surface area contributed by atoms with Gasteiger partial charge in [-0.15, -0.1) is 0 Å². The minimum Gasteiger partial charge on any atom is -0.479 e. The summed E-state index contributed by atoms with van der Waals surface area (Å²) in [6, 6.07) is 0. The maximum atomic E-state index is 11.8. The third-order valence-electron chi connectivity index (χ3n) is 3.17. The number of hydrogen-bond donors (Lipinski definition) is 3. The number of aliphatic carboxylic acids is 1. The molecule has 0 aromatic rings. The number of nitrogens with zero attached hydrogens (tertiary/aromatic N) is 1. The number of alkyl carbamates (subject to hydrolysis) is 1. The van der Waals surface area contributed by atoms with Gasteiger partial charge in [-0.1, -0.05) is 0 Å². The molecule has 0 spiro atoms. The van der Waals surface area contributed by atoms with E-state index < -0.39 is 29.1 Å². The SMILES string of the molecule is CC(C)(C)OC(=O)NC1(C(=O)O)CCN(CCC(N)=O)C1. The third-order valence-corrected chi connectivity index (χ3v) is 3.17. The van der Waals surface area contributed by atoms with Gasteiger partial charge in [0, 0.05) is 26.1 Å². The van der Waals surface area contributed by atoms with Crippen molar-refractivity contribution in [3.63, 3.8) is 0 Å². The highest BCUT2D eigenvalue weighted by molar-refractivity contribution is 5.85. The van der Waals surface area contributed by atoms with Crippen molar-refractivity contribution in [3.8, 4) is 0 Å². The van der Waals surface area contributed by atoms with Gasteiger partial charge in [0.15, 0.2) is 5.54 Å². The molecule has 8 nitrogen and oxygen atoms in total. The van der Waals surface area contributed by atoms with Gasteiger partial charge >= 0.3 is 12.1 Å². The molecule has 1 fully saturated rings. The number of amides is 2. The van der Waals surface area contributed by atoms with Gasteiger partial charge in [0.05, 0.1) is 0 Å². The topological polar surface area (TPSA) is 122 Å². The molecule has 120 valence electrons. The van der Waals surface area contributed by atoms with Crippen molar-refractivity contribution in [2.45, 2.75) is 44.8 Å². The van der Waals surface area contributed by atoms with Crippen molar-refractivity contribution >= 4 is 18.0 Å². The molecule has 0 bridgehead atoms. The standard InChI is InChI=1S/C13H23N3O5/c1-12(2,3)21-11(20)15-13(10(18)19)5-7-16(8-13)6-4-9(14)17/h4-8H2,1-3H3,(H2,14,17)(H,15,20)(H,18,19). The number of likely N-dealkylation sites (tertiary alicyclic amines) is 1. The summed E-state index contributed by atoms with van der Waals surface area (Å²) in [6.45, 7) is 6.07. The molecule has 1 saturated heterocycles. The minimum absolute atomic E-state index is 0.120. The summed E-state index contributed by atoms with van der Waals surface area (Å²) in [6.07, 6.45) is -0.357. The van der Waals surface area contributed by atoms with Crippen molar-refractivity contribution in [3.05, 3.63) is 0 Å². The maximum Gasteiger partial charge on any atom is 0.408 e. The van der Waals surface area contributed by atoms with Gasteiger partial charge in [0.1, 0.15) is 5.60 Å². The highest BCUT2D eigenvalue weighted by Crippen LogP contribution is 2.23.